The molecule has 1 aromatic heterocycles. The summed E-state index contributed by atoms with van der Waals surface area (Å²) in [5.41, 5.74) is -0.143. The summed E-state index contributed by atoms with van der Waals surface area (Å²) in [6, 6.07) is 10.3. The summed E-state index contributed by atoms with van der Waals surface area (Å²) in [6.07, 6.45) is 3.31. The van der Waals surface area contributed by atoms with Crippen molar-refractivity contribution in [2.75, 3.05) is 44.7 Å². The Morgan fingerprint density at radius 2 is 2.00 bits per heavy atom. The third kappa shape index (κ3) is 4.82. The van der Waals surface area contributed by atoms with Gasteiger partial charge in [0.1, 0.15) is 29.9 Å². The molecule has 240 valence electrons. The number of alkyl halides is 1. The fraction of sp³-hybridized carbons (Fsp3) is 0.441. The molecule has 9 nitrogen and oxygen atoms in total. The van der Waals surface area contributed by atoms with Crippen LogP contribution in [0.2, 0.25) is 5.02 Å². The maximum Gasteiger partial charge on any atom is 0.319 e. The molecule has 3 N–H and O–H groups in total. The van der Waals surface area contributed by atoms with Crippen LogP contribution in [0.5, 0.6) is 11.8 Å². The summed E-state index contributed by atoms with van der Waals surface area (Å²) >= 11 is 6.65. The highest BCUT2D eigenvalue weighted by molar-refractivity contribution is 6.37. The number of aromatic nitrogens is 2. The number of phenols is 1. The zero-order valence-corrected chi connectivity index (χ0v) is 26.2. The number of hydrogen-bond acceptors (Lipinski definition) is 8. The van der Waals surface area contributed by atoms with E-state index in [2.05, 4.69) is 25.4 Å². The highest BCUT2D eigenvalue weighted by atomic mass is 35.5. The van der Waals surface area contributed by atoms with Crippen LogP contribution in [0.1, 0.15) is 42.5 Å². The number of amides is 1. The second-order valence-electron chi connectivity index (χ2n) is 13.2. The molecule has 4 aliphatic heterocycles. The molecule has 8 rings (SSSR count). The fourth-order valence-electron chi connectivity index (χ4n) is 8.25. The van der Waals surface area contributed by atoms with E-state index in [1.807, 2.05) is 0 Å². The molecule has 12 heteroatoms. The molecule has 4 aromatic rings. The maximum absolute atomic E-state index is 17.3. The molecule has 4 fully saturated rings. The third-order valence-corrected chi connectivity index (χ3v) is 10.6. The van der Waals surface area contributed by atoms with Crippen molar-refractivity contribution in [3.05, 3.63) is 52.8 Å². The number of rotatable bonds is 6. The average molecular weight is 649 g/mol. The highest BCUT2D eigenvalue weighted by Gasteiger charge is 2.49. The number of halogens is 3. The number of phenolic OH excluding ortho intramolecular Hbond substituents is 1. The lowest BCUT2D eigenvalue weighted by atomic mass is 9.91. The van der Waals surface area contributed by atoms with Crippen LogP contribution in [0.15, 0.2) is 36.4 Å². The topological polar surface area (TPSA) is 103 Å². The van der Waals surface area contributed by atoms with Gasteiger partial charge in [0.15, 0.2) is 5.82 Å². The number of anilines is 1. The molecule has 4 atom stereocenters. The van der Waals surface area contributed by atoms with E-state index >= 15 is 4.39 Å². The van der Waals surface area contributed by atoms with Crippen LogP contribution in [0.25, 0.3) is 32.8 Å². The molecule has 1 amide bonds. The number of ether oxygens (including phenoxy) is 1. The number of benzene rings is 3. The van der Waals surface area contributed by atoms with Crippen molar-refractivity contribution < 1.29 is 23.4 Å². The van der Waals surface area contributed by atoms with E-state index < -0.39 is 23.4 Å². The van der Waals surface area contributed by atoms with E-state index in [4.69, 9.17) is 21.3 Å². The zero-order chi connectivity index (χ0) is 31.7. The first-order valence-corrected chi connectivity index (χ1v) is 16.3. The van der Waals surface area contributed by atoms with Crippen LogP contribution in [-0.4, -0.2) is 89.5 Å². The second-order valence-corrected chi connectivity index (χ2v) is 13.6. The number of aromatic hydroxyl groups is 1. The number of piperazine rings is 1. The Bertz CT molecular complexity index is 1880. The van der Waals surface area contributed by atoms with Gasteiger partial charge in [-0.15, -0.1) is 0 Å². The van der Waals surface area contributed by atoms with Crippen molar-refractivity contribution in [3.63, 3.8) is 0 Å². The quantitative estimate of drug-likeness (QED) is 0.262. The standard InChI is InChI=1S/C34H35ClF2N6O3/c1-38-32(45)24-12-25-30(29(37)28(24)23-11-22(44)10-18-4-2-5-26(35)27(18)23)40-33(41-31(25)42-15-20-6-7-21(16-42)39-20)46-17-34-8-3-9-43(34)14-19(36)13-34/h2,4-5,10-12,19-21,39,44H,3,6-9,13-17H2,1H3,(H,38,45)/t19-,20?,21?,34+/m1/s1. The van der Waals surface area contributed by atoms with Gasteiger partial charge in [-0.1, -0.05) is 23.7 Å². The molecular formula is C34H35ClF2N6O3. The largest absolute Gasteiger partial charge is 0.508 e. The molecule has 4 aliphatic rings. The van der Waals surface area contributed by atoms with Gasteiger partial charge in [-0.05, 0) is 67.4 Å². The number of fused-ring (bicyclic) bond motifs is 5. The minimum Gasteiger partial charge on any atom is -0.508 e. The van der Waals surface area contributed by atoms with Gasteiger partial charge in [-0.2, -0.15) is 9.97 Å². The SMILES string of the molecule is CNC(=O)c1cc2c(N3CC4CCC(C3)N4)nc(OC[C@@]34CCCN3C[C@H](F)C4)nc2c(F)c1-c1cc(O)cc2cccc(Cl)c12. The second kappa shape index (κ2) is 11.2. The molecular weight excluding hydrogens is 614 g/mol. The van der Waals surface area contributed by atoms with E-state index in [0.29, 0.717) is 53.1 Å². The monoisotopic (exact) mass is 648 g/mol. The Balaban J connectivity index is 1.33. The van der Waals surface area contributed by atoms with Gasteiger partial charge in [0.05, 0.1) is 11.1 Å². The van der Waals surface area contributed by atoms with Crippen molar-refractivity contribution in [1.82, 2.24) is 25.5 Å². The molecule has 0 radical (unpaired) electrons. The molecule has 0 spiro atoms. The van der Waals surface area contributed by atoms with Gasteiger partial charge >= 0.3 is 6.01 Å². The van der Waals surface area contributed by atoms with Crippen LogP contribution in [0.4, 0.5) is 14.6 Å². The minimum absolute atomic E-state index is 0.00681. The van der Waals surface area contributed by atoms with Gasteiger partial charge in [0.25, 0.3) is 5.91 Å². The number of nitrogens with one attached hydrogen (secondary N) is 2. The van der Waals surface area contributed by atoms with Crippen LogP contribution in [-0.2, 0) is 0 Å². The Labute approximate surface area is 269 Å². The summed E-state index contributed by atoms with van der Waals surface area (Å²) in [5, 5.41) is 18.8. The van der Waals surface area contributed by atoms with E-state index in [1.54, 1.807) is 30.3 Å². The molecule has 0 aliphatic carbocycles. The molecule has 5 heterocycles. The smallest absolute Gasteiger partial charge is 0.319 e. The molecule has 46 heavy (non-hydrogen) atoms. The first kappa shape index (κ1) is 29.6. The van der Waals surface area contributed by atoms with Crippen LogP contribution in [0.3, 0.4) is 0 Å². The normalized spacial score (nSPS) is 25.8. The number of carbonyl (C=O) groups is 1. The van der Waals surface area contributed by atoms with E-state index in [-0.39, 0.29) is 52.7 Å². The van der Waals surface area contributed by atoms with Gasteiger partial charge in [0, 0.05) is 66.5 Å². The van der Waals surface area contributed by atoms with Crippen molar-refractivity contribution in [3.8, 4) is 22.9 Å². The molecule has 2 unspecified atom stereocenters. The molecule has 0 saturated carbocycles. The first-order valence-electron chi connectivity index (χ1n) is 15.9. The van der Waals surface area contributed by atoms with E-state index in [9.17, 15) is 14.3 Å². The Morgan fingerprint density at radius 1 is 1.20 bits per heavy atom. The highest BCUT2D eigenvalue weighted by Crippen LogP contribution is 2.44. The average Bonchev–Trinajstić information content (AvgIpc) is 3.69. The van der Waals surface area contributed by atoms with Crippen molar-refractivity contribution in [2.24, 2.45) is 0 Å². The molecule has 2 bridgehead atoms. The van der Waals surface area contributed by atoms with Gasteiger partial charge < -0.3 is 25.4 Å². The van der Waals surface area contributed by atoms with Gasteiger partial charge in [0.2, 0.25) is 0 Å². The predicted octanol–water partition coefficient (Wildman–Crippen LogP) is 5.20. The van der Waals surface area contributed by atoms with Crippen LogP contribution >= 0.6 is 11.6 Å². The zero-order valence-electron chi connectivity index (χ0n) is 25.5. The Kier molecular flexibility index (Phi) is 7.19. The molecule has 4 saturated heterocycles. The first-order chi connectivity index (χ1) is 22.2. The lowest BCUT2D eigenvalue weighted by Crippen LogP contribution is -2.51. The number of hydrogen-bond donors (Lipinski definition) is 3. The lowest BCUT2D eigenvalue weighted by Gasteiger charge is -2.35. The fourth-order valence-corrected chi connectivity index (χ4v) is 8.54. The van der Waals surface area contributed by atoms with Gasteiger partial charge in [-0.3, -0.25) is 9.69 Å². The Morgan fingerprint density at radius 3 is 2.78 bits per heavy atom. The Hall–Kier alpha value is -3.80. The molecule has 3 aromatic carbocycles. The number of nitrogens with zero attached hydrogens (tertiary/aromatic N) is 4. The van der Waals surface area contributed by atoms with Crippen molar-refractivity contribution in [1.29, 1.82) is 0 Å². The maximum atomic E-state index is 17.3. The van der Waals surface area contributed by atoms with Gasteiger partial charge in [-0.25, -0.2) is 8.78 Å². The number of carbonyl (C=O) groups excluding carboxylic acids is 1. The summed E-state index contributed by atoms with van der Waals surface area (Å²) in [7, 11) is 1.49. The summed E-state index contributed by atoms with van der Waals surface area (Å²) in [6.45, 7) is 2.72. The summed E-state index contributed by atoms with van der Waals surface area (Å²) in [5.74, 6) is -0.865. The van der Waals surface area contributed by atoms with E-state index in [1.165, 1.54) is 13.1 Å². The lowest BCUT2D eigenvalue weighted by molar-refractivity contribution is 0.0963. The summed E-state index contributed by atoms with van der Waals surface area (Å²) in [4.78, 5) is 27.2. The minimum atomic E-state index is -0.916. The van der Waals surface area contributed by atoms with Crippen LogP contribution < -0.4 is 20.3 Å². The third-order valence-electron chi connectivity index (χ3n) is 10.3. The van der Waals surface area contributed by atoms with Crippen molar-refractivity contribution >= 4 is 45.0 Å². The van der Waals surface area contributed by atoms with Crippen LogP contribution in [0, 0.1) is 5.82 Å². The van der Waals surface area contributed by atoms with Crippen molar-refractivity contribution in [2.45, 2.75) is 55.9 Å². The van der Waals surface area contributed by atoms with E-state index in [0.717, 1.165) is 32.2 Å². The summed E-state index contributed by atoms with van der Waals surface area (Å²) < 4.78 is 38.1. The predicted molar refractivity (Wildman–Crippen MR) is 173 cm³/mol.